The summed E-state index contributed by atoms with van der Waals surface area (Å²) in [7, 11) is -3.93. The summed E-state index contributed by atoms with van der Waals surface area (Å²) in [6, 6.07) is 0. The molecule has 51 heavy (non-hydrogen) atoms. The zero-order valence-electron chi connectivity index (χ0n) is 33.6. The van der Waals surface area contributed by atoms with Crippen molar-refractivity contribution in [2.75, 3.05) is 13.2 Å². The Morgan fingerprint density at radius 2 is 0.569 bits per heavy atom. The molecule has 4 nitrogen and oxygen atoms in total. The molecule has 0 aliphatic heterocycles. The molecule has 292 valence electrons. The predicted octanol–water partition coefficient (Wildman–Crippen LogP) is 14.4. The molecule has 0 amide bonds. The van der Waals surface area contributed by atoms with E-state index in [1.807, 2.05) is 0 Å². The zero-order chi connectivity index (χ0) is 37.0. The van der Waals surface area contributed by atoms with Gasteiger partial charge >= 0.3 is 7.82 Å². The first-order valence-corrected chi connectivity index (χ1v) is 23.1. The van der Waals surface area contributed by atoms with Crippen LogP contribution in [0.15, 0.2) is 0 Å². The Hall–Kier alpha value is -1.65. The van der Waals surface area contributed by atoms with Crippen molar-refractivity contribution in [2.24, 2.45) is 0 Å². The van der Waals surface area contributed by atoms with E-state index in [0.717, 1.165) is 77.0 Å². The van der Waals surface area contributed by atoms with Gasteiger partial charge in [-0.15, -0.1) is 0 Å². The van der Waals surface area contributed by atoms with Gasteiger partial charge < -0.3 is 4.89 Å². The van der Waals surface area contributed by atoms with Gasteiger partial charge in [0, 0.05) is 25.7 Å². The first-order chi connectivity index (χ1) is 25.1. The number of unbranched alkanes of at least 4 members (excludes halogenated alkanes) is 30. The quantitative estimate of drug-likeness (QED) is 0.0397. The molecule has 0 atom stereocenters. The summed E-state index contributed by atoms with van der Waals surface area (Å²) >= 11 is 0. The SMILES string of the molecule is CCCCCCCCCCC#CC#CCCCCCCCCCOP(=O)(O)OCCCCCCCCCC#CC#CCCCCCCCCCC. The summed E-state index contributed by atoms with van der Waals surface area (Å²) in [5.41, 5.74) is 0. The Morgan fingerprint density at radius 1 is 0.353 bits per heavy atom. The second kappa shape index (κ2) is 42.8. The van der Waals surface area contributed by atoms with E-state index in [1.54, 1.807) is 0 Å². The second-order valence-electron chi connectivity index (χ2n) is 14.2. The van der Waals surface area contributed by atoms with Crippen LogP contribution in [0.5, 0.6) is 0 Å². The topological polar surface area (TPSA) is 55.8 Å². The molecule has 0 aromatic carbocycles. The molecule has 0 radical (unpaired) electrons. The molecule has 0 aliphatic rings. The maximum absolute atomic E-state index is 12.1. The zero-order valence-corrected chi connectivity index (χ0v) is 34.5. The lowest BCUT2D eigenvalue weighted by Gasteiger charge is -2.12. The van der Waals surface area contributed by atoms with Gasteiger partial charge in [0.1, 0.15) is 0 Å². The van der Waals surface area contributed by atoms with E-state index in [-0.39, 0.29) is 13.2 Å². The molecule has 0 fully saturated rings. The van der Waals surface area contributed by atoms with Crippen LogP contribution in [0.2, 0.25) is 0 Å². The fraction of sp³-hybridized carbons (Fsp3) is 0.826. The predicted molar refractivity (Wildman–Crippen MR) is 221 cm³/mol. The number of hydrogen-bond acceptors (Lipinski definition) is 3. The molecule has 0 bridgehead atoms. The normalized spacial score (nSPS) is 10.7. The average Bonchev–Trinajstić information content (AvgIpc) is 3.12. The van der Waals surface area contributed by atoms with E-state index in [1.165, 1.54) is 141 Å². The van der Waals surface area contributed by atoms with E-state index in [0.29, 0.717) is 0 Å². The monoisotopic (exact) mass is 727 g/mol. The number of phosphoric ester groups is 1. The third kappa shape index (κ3) is 44.4. The molecule has 0 unspecified atom stereocenters. The molecule has 5 heteroatoms. The van der Waals surface area contributed by atoms with Gasteiger partial charge in [0.05, 0.1) is 13.2 Å². The number of hydrogen-bond donors (Lipinski definition) is 1. The van der Waals surface area contributed by atoms with E-state index >= 15 is 0 Å². The van der Waals surface area contributed by atoms with E-state index in [2.05, 4.69) is 61.2 Å². The molecule has 0 heterocycles. The van der Waals surface area contributed by atoms with Crippen molar-refractivity contribution < 1.29 is 18.5 Å². The highest BCUT2D eigenvalue weighted by Crippen LogP contribution is 2.43. The van der Waals surface area contributed by atoms with Gasteiger partial charge in [0.25, 0.3) is 0 Å². The van der Waals surface area contributed by atoms with Gasteiger partial charge in [0.15, 0.2) is 0 Å². The van der Waals surface area contributed by atoms with Crippen molar-refractivity contribution in [3.8, 4) is 47.4 Å². The molecule has 0 aliphatic carbocycles. The Bertz CT molecular complexity index is 958. The summed E-state index contributed by atoms with van der Waals surface area (Å²) in [6.07, 6.45) is 40.5. The summed E-state index contributed by atoms with van der Waals surface area (Å²) in [4.78, 5) is 9.92. The molecular weight excluding hydrogens is 647 g/mol. The smallest absolute Gasteiger partial charge is 0.302 e. The molecule has 0 saturated carbocycles. The van der Waals surface area contributed by atoms with Crippen molar-refractivity contribution in [3.63, 3.8) is 0 Å². The highest BCUT2D eigenvalue weighted by molar-refractivity contribution is 7.47. The van der Waals surface area contributed by atoms with E-state index < -0.39 is 7.82 Å². The maximum Gasteiger partial charge on any atom is 0.472 e. The first kappa shape index (κ1) is 49.4. The summed E-state index contributed by atoms with van der Waals surface area (Å²) in [5, 5.41) is 0. The lowest BCUT2D eigenvalue weighted by atomic mass is 10.1. The Morgan fingerprint density at radius 3 is 0.824 bits per heavy atom. The number of rotatable bonds is 36. The lowest BCUT2D eigenvalue weighted by molar-refractivity contribution is 0.145. The van der Waals surface area contributed by atoms with Gasteiger partial charge in [-0.2, -0.15) is 0 Å². The minimum Gasteiger partial charge on any atom is -0.302 e. The van der Waals surface area contributed by atoms with Crippen LogP contribution in [-0.2, 0) is 13.6 Å². The highest BCUT2D eigenvalue weighted by atomic mass is 31.2. The van der Waals surface area contributed by atoms with Gasteiger partial charge in [-0.3, -0.25) is 9.05 Å². The first-order valence-electron chi connectivity index (χ1n) is 21.7. The van der Waals surface area contributed by atoms with Crippen LogP contribution in [0.3, 0.4) is 0 Å². The Kier molecular flexibility index (Phi) is 41.4. The average molecular weight is 727 g/mol. The van der Waals surface area contributed by atoms with Gasteiger partial charge in [0.2, 0.25) is 0 Å². The van der Waals surface area contributed by atoms with Gasteiger partial charge in [-0.25, -0.2) is 4.57 Å². The van der Waals surface area contributed by atoms with Crippen molar-refractivity contribution in [1.82, 2.24) is 0 Å². The number of phosphoric acid groups is 1. The lowest BCUT2D eigenvalue weighted by Crippen LogP contribution is -1.99. The fourth-order valence-corrected chi connectivity index (χ4v) is 6.71. The molecule has 0 saturated heterocycles. The largest absolute Gasteiger partial charge is 0.472 e. The Labute approximate surface area is 318 Å². The Balaban J connectivity index is 3.44. The molecule has 0 aromatic heterocycles. The van der Waals surface area contributed by atoms with Crippen molar-refractivity contribution in [3.05, 3.63) is 0 Å². The molecular formula is C46H79O4P. The maximum atomic E-state index is 12.1. The van der Waals surface area contributed by atoms with E-state index in [4.69, 9.17) is 9.05 Å². The van der Waals surface area contributed by atoms with E-state index in [9.17, 15) is 9.46 Å². The minimum atomic E-state index is -3.93. The van der Waals surface area contributed by atoms with Crippen molar-refractivity contribution >= 4 is 7.82 Å². The molecule has 0 spiro atoms. The molecule has 0 rings (SSSR count). The third-order valence-electron chi connectivity index (χ3n) is 9.19. The summed E-state index contributed by atoms with van der Waals surface area (Å²) in [5.74, 6) is 24.8. The second-order valence-corrected chi connectivity index (χ2v) is 15.7. The van der Waals surface area contributed by atoms with Gasteiger partial charge in [-0.05, 0) is 62.2 Å². The van der Waals surface area contributed by atoms with Crippen LogP contribution in [0.4, 0.5) is 0 Å². The van der Waals surface area contributed by atoms with Crippen LogP contribution < -0.4 is 0 Å². The van der Waals surface area contributed by atoms with Crippen molar-refractivity contribution in [1.29, 1.82) is 0 Å². The fourth-order valence-electron chi connectivity index (χ4n) is 5.92. The third-order valence-corrected chi connectivity index (χ3v) is 10.2. The standard InChI is InChI=1S/C46H79O4P/c1-3-5-7-9-11-13-15-17-19-21-23-25-27-29-31-33-35-37-39-41-43-45-49-51(47,48)50-46-44-42-40-38-36-34-32-30-28-26-24-22-20-18-16-14-12-10-8-6-4-2/h3-20,29-46H2,1-2H3,(H,47,48). The van der Waals surface area contributed by atoms with Crippen LogP contribution in [-0.4, -0.2) is 18.1 Å². The summed E-state index contributed by atoms with van der Waals surface area (Å²) < 4.78 is 22.4. The molecule has 1 N–H and O–H groups in total. The highest BCUT2D eigenvalue weighted by Gasteiger charge is 2.19. The van der Waals surface area contributed by atoms with Crippen LogP contribution in [0.25, 0.3) is 0 Å². The van der Waals surface area contributed by atoms with Crippen LogP contribution >= 0.6 is 7.82 Å². The summed E-state index contributed by atoms with van der Waals surface area (Å²) in [6.45, 7) is 5.08. The van der Waals surface area contributed by atoms with Crippen molar-refractivity contribution in [2.45, 2.75) is 232 Å². The van der Waals surface area contributed by atoms with Gasteiger partial charge in [-0.1, -0.05) is 192 Å². The minimum absolute atomic E-state index is 0.277. The van der Waals surface area contributed by atoms with Crippen LogP contribution in [0.1, 0.15) is 232 Å². The van der Waals surface area contributed by atoms with Crippen LogP contribution in [0, 0.1) is 47.4 Å². The molecule has 0 aromatic rings.